The van der Waals surface area contributed by atoms with E-state index in [9.17, 15) is 26.3 Å². The molecule has 18 heteroatoms. The first-order valence-corrected chi connectivity index (χ1v) is 16.2. The van der Waals surface area contributed by atoms with Crippen LogP contribution >= 0.6 is 0 Å². The molecular weight excluding hydrogens is 886 g/mol. The third-order valence-corrected chi connectivity index (χ3v) is 7.16. The van der Waals surface area contributed by atoms with Gasteiger partial charge in [-0.25, -0.2) is 4.89 Å². The molecule has 2 N–H and O–H groups in total. The van der Waals surface area contributed by atoms with Crippen LogP contribution in [0.5, 0.6) is 5.88 Å². The Morgan fingerprint density at radius 1 is 0.981 bits per heavy atom. The Morgan fingerprint density at radius 3 is 2.02 bits per heavy atom. The Morgan fingerprint density at radius 2 is 1.53 bits per heavy atom. The number of alkyl halides is 6. The number of ether oxygens (including phenoxy) is 2. The van der Waals surface area contributed by atoms with Crippen LogP contribution in [0.4, 0.5) is 32.0 Å². The molecule has 2 aliphatic heterocycles. The first-order valence-electron chi connectivity index (χ1n) is 16.2. The molecule has 4 heterocycles. The smallest absolute Gasteiger partial charge is 0.426 e. The molecule has 0 amide bonds. The van der Waals surface area contributed by atoms with Gasteiger partial charge in [0.25, 0.3) is 18.1 Å². The van der Waals surface area contributed by atoms with Crippen LogP contribution in [0.15, 0.2) is 53.0 Å². The Hall–Kier alpha value is -3.53. The van der Waals surface area contributed by atoms with Crippen molar-refractivity contribution in [2.24, 2.45) is 0 Å². The number of rotatable bonds is 4. The van der Waals surface area contributed by atoms with Gasteiger partial charge in [-0.3, -0.25) is 10.1 Å². The molecule has 5 rings (SSSR count). The molecular formula is C35H46F6N4O7W. The molecule has 0 saturated carbocycles. The van der Waals surface area contributed by atoms with E-state index < -0.39 is 70.9 Å². The number of aromatic nitrogens is 3. The minimum absolute atomic E-state index is 0. The van der Waals surface area contributed by atoms with E-state index in [1.54, 1.807) is 78.8 Å². The second-order valence-electron chi connectivity index (χ2n) is 13.7. The molecule has 2 aliphatic rings. The summed E-state index contributed by atoms with van der Waals surface area (Å²) in [5.41, 5.74) is -6.26. The minimum atomic E-state index is -4.99. The summed E-state index contributed by atoms with van der Waals surface area (Å²) in [4.78, 5) is 12.3. The quantitative estimate of drug-likeness (QED) is 0.0654. The molecule has 2 unspecified atom stereocenters. The van der Waals surface area contributed by atoms with Crippen LogP contribution in [0.25, 0.3) is 16.9 Å². The molecule has 0 aliphatic carbocycles. The van der Waals surface area contributed by atoms with Gasteiger partial charge in [0, 0.05) is 40.8 Å². The standard InChI is InChI=1S/C28H28F6N4O3.C4H10O2.C2H6.CH2O2.W/c1-24(2,3)35-19-14-18(27(29,30)31)22-38-20(19)21-36-37-23(41-21)26(28(32,33)34,40-15-17-10-6-5-7-11-17)13-9-8-12-25(38,4)16-39-22;1-4(2,3)6-5;1-2;2-1-3;/h5-11,14H,12-13,15-16H2,1-4H3;5H,1-3H3;1-2H3;1H,(H,2,3);/b9-8+;;;;. The number of hydrogen-bond acceptors (Lipinski definition) is 8. The van der Waals surface area contributed by atoms with Gasteiger partial charge in [-0.1, -0.05) is 82.8 Å². The van der Waals surface area contributed by atoms with Gasteiger partial charge in [0.15, 0.2) is 12.2 Å². The fourth-order valence-corrected chi connectivity index (χ4v) is 4.93. The molecule has 53 heavy (non-hydrogen) atoms. The fourth-order valence-electron chi connectivity index (χ4n) is 4.93. The Labute approximate surface area is 318 Å². The molecule has 0 fully saturated rings. The number of hydrogen-bond donors (Lipinski definition) is 2. The topological polar surface area (TPSA) is 142 Å². The van der Waals surface area contributed by atoms with Gasteiger partial charge in [-0.2, -0.15) is 26.3 Å². The van der Waals surface area contributed by atoms with Crippen LogP contribution in [0.2, 0.25) is 0 Å². The summed E-state index contributed by atoms with van der Waals surface area (Å²) in [6.07, 6.45) is -7.71. The van der Waals surface area contributed by atoms with Crippen LogP contribution in [0, 0.1) is 0 Å². The van der Waals surface area contributed by atoms with E-state index in [4.69, 9.17) is 29.0 Å². The Balaban J connectivity index is 0.00000104. The first-order chi connectivity index (χ1) is 24.0. The van der Waals surface area contributed by atoms with E-state index in [1.807, 2.05) is 13.8 Å². The van der Waals surface area contributed by atoms with Gasteiger partial charge in [0.05, 0.1) is 12.2 Å². The van der Waals surface area contributed by atoms with E-state index >= 15 is 0 Å². The van der Waals surface area contributed by atoms with Gasteiger partial charge < -0.3 is 24.3 Å². The van der Waals surface area contributed by atoms with Crippen molar-refractivity contribution in [3.8, 4) is 17.5 Å². The van der Waals surface area contributed by atoms with Crippen LogP contribution in [0.3, 0.4) is 0 Å². The summed E-state index contributed by atoms with van der Waals surface area (Å²) in [7, 11) is 0. The van der Waals surface area contributed by atoms with Crippen molar-refractivity contribution in [1.82, 2.24) is 10.2 Å². The van der Waals surface area contributed by atoms with Crippen LogP contribution < -0.4 is 9.30 Å². The molecule has 0 saturated heterocycles. The van der Waals surface area contributed by atoms with Gasteiger partial charge in [0.2, 0.25) is 11.1 Å². The maximum atomic E-state index is 14.9. The van der Waals surface area contributed by atoms with E-state index in [1.165, 1.54) is 16.7 Å². The second kappa shape index (κ2) is 18.7. The van der Waals surface area contributed by atoms with Crippen molar-refractivity contribution >= 4 is 12.2 Å². The van der Waals surface area contributed by atoms with Crippen LogP contribution in [-0.4, -0.2) is 51.0 Å². The van der Waals surface area contributed by atoms with Gasteiger partial charge in [-0.05, 0) is 32.4 Å². The normalized spacial score (nSPS) is 19.8. The molecule has 0 spiro atoms. The third-order valence-electron chi connectivity index (χ3n) is 7.16. The first kappa shape index (κ1) is 47.5. The molecule has 3 aromatic rings. The van der Waals surface area contributed by atoms with Gasteiger partial charge in [0.1, 0.15) is 0 Å². The van der Waals surface area contributed by atoms with Crippen LogP contribution in [0.1, 0.15) is 92.2 Å². The van der Waals surface area contributed by atoms with Crippen molar-refractivity contribution < 1.29 is 85.9 Å². The van der Waals surface area contributed by atoms with Crippen molar-refractivity contribution in [3.05, 3.63) is 70.9 Å². The number of nitrogens with zero attached hydrogens (tertiary/aromatic N) is 4. The monoisotopic (exact) mass is 932 g/mol. The Kier molecular flexibility index (Phi) is 16.7. The predicted octanol–water partition coefficient (Wildman–Crippen LogP) is 9.28. The number of benzene rings is 1. The minimum Gasteiger partial charge on any atom is -0.674 e. The van der Waals surface area contributed by atoms with E-state index in [0.717, 1.165) is 6.07 Å². The van der Waals surface area contributed by atoms with Crippen molar-refractivity contribution in [3.63, 3.8) is 0 Å². The van der Waals surface area contributed by atoms with Crippen LogP contribution in [-0.2, 0) is 59.4 Å². The molecule has 296 valence electrons. The second-order valence-corrected chi connectivity index (χ2v) is 13.7. The van der Waals surface area contributed by atoms with Gasteiger partial charge in [-0.15, -0.1) is 20.3 Å². The van der Waals surface area contributed by atoms with Crippen molar-refractivity contribution in [2.75, 3.05) is 6.61 Å². The maximum Gasteiger partial charge on any atom is 0.426 e. The average Bonchev–Trinajstić information content (AvgIpc) is 3.65. The van der Waals surface area contributed by atoms with Gasteiger partial charge >= 0.3 is 24.1 Å². The SMILES string of the molecule is CC.CC(C)(C)OO.CC(C)(C)[N-]c1cc(C(F)(F)F)c2[n+]3c1-c1nnc(o1)C(OCc1ccccc1)(C(F)(F)F)C/C=C/CC3(C)CO2.O=CO.[W]. The Bertz CT molecular complexity index is 1640. The zero-order valence-electron chi connectivity index (χ0n) is 30.9. The molecule has 0 radical (unpaired) electrons. The number of allylic oxidation sites excluding steroid dienone is 1. The average molecular weight is 933 g/mol. The number of fused-ring (bicyclic) bond motifs is 3. The number of carbonyl (C=O) groups is 1. The largest absolute Gasteiger partial charge is 0.674 e. The molecule has 2 bridgehead atoms. The zero-order chi connectivity index (χ0) is 39.8. The van der Waals surface area contributed by atoms with E-state index in [-0.39, 0.29) is 51.9 Å². The summed E-state index contributed by atoms with van der Waals surface area (Å²) in [6, 6.07) is 9.11. The summed E-state index contributed by atoms with van der Waals surface area (Å²) >= 11 is 0. The van der Waals surface area contributed by atoms with E-state index in [2.05, 4.69) is 20.4 Å². The molecule has 11 nitrogen and oxygen atoms in total. The molecule has 2 atom stereocenters. The molecule has 2 aromatic heterocycles. The summed E-state index contributed by atoms with van der Waals surface area (Å²) < 4.78 is 105. The fraction of sp³-hybridized carbons (Fsp3) is 0.543. The number of carboxylic acid groups (broad SMARTS) is 1. The zero-order valence-corrected chi connectivity index (χ0v) is 33.9. The maximum absolute atomic E-state index is 14.9. The third kappa shape index (κ3) is 12.0. The number of pyridine rings is 1. The number of halogens is 6. The summed E-state index contributed by atoms with van der Waals surface area (Å²) in [5.74, 6) is -1.81. The van der Waals surface area contributed by atoms with Crippen molar-refractivity contribution in [1.29, 1.82) is 0 Å². The van der Waals surface area contributed by atoms with Crippen molar-refractivity contribution in [2.45, 2.75) is 116 Å². The van der Waals surface area contributed by atoms with E-state index in [0.29, 0.717) is 5.56 Å². The summed E-state index contributed by atoms with van der Waals surface area (Å²) in [6.45, 7) is 15.2. The predicted molar refractivity (Wildman–Crippen MR) is 178 cm³/mol. The molecule has 1 aromatic carbocycles. The summed E-state index contributed by atoms with van der Waals surface area (Å²) in [5, 5.41) is 26.9.